The highest BCUT2D eigenvalue weighted by molar-refractivity contribution is 7.93. The van der Waals surface area contributed by atoms with E-state index in [0.717, 1.165) is 22.5 Å². The highest BCUT2D eigenvalue weighted by Crippen LogP contribution is 2.36. The van der Waals surface area contributed by atoms with Gasteiger partial charge >= 0.3 is 0 Å². The summed E-state index contributed by atoms with van der Waals surface area (Å²) in [7, 11) is -6.65. The Labute approximate surface area is 201 Å². The van der Waals surface area contributed by atoms with Crippen molar-refractivity contribution in [2.24, 2.45) is 5.92 Å². The minimum Gasteiger partial charge on any atom is -0.349 e. The van der Waals surface area contributed by atoms with Gasteiger partial charge in [-0.3, -0.25) is 9.48 Å². The van der Waals surface area contributed by atoms with Crippen molar-refractivity contribution in [2.75, 3.05) is 18.1 Å². The van der Waals surface area contributed by atoms with E-state index in [-0.39, 0.29) is 34.3 Å². The molecule has 2 N–H and O–H groups in total. The minimum atomic E-state index is -3.59. The molecule has 0 radical (unpaired) electrons. The van der Waals surface area contributed by atoms with Gasteiger partial charge in [0, 0.05) is 41.7 Å². The zero-order chi connectivity index (χ0) is 24.9. The van der Waals surface area contributed by atoms with Crippen molar-refractivity contribution in [1.82, 2.24) is 19.8 Å². The molecule has 34 heavy (non-hydrogen) atoms. The van der Waals surface area contributed by atoms with Gasteiger partial charge in [0.2, 0.25) is 15.9 Å². The van der Waals surface area contributed by atoms with Crippen LogP contribution in [0, 0.1) is 5.92 Å². The predicted octanol–water partition coefficient (Wildman–Crippen LogP) is 1.84. The maximum absolute atomic E-state index is 13.0. The van der Waals surface area contributed by atoms with E-state index in [2.05, 4.69) is 10.0 Å². The zero-order valence-corrected chi connectivity index (χ0v) is 21.6. The monoisotopic (exact) mass is 508 g/mol. The van der Waals surface area contributed by atoms with E-state index in [1.54, 1.807) is 32.0 Å². The summed E-state index contributed by atoms with van der Waals surface area (Å²) in [5.74, 6) is -0.441. The number of hydrogen-bond donors (Lipinski definition) is 2. The van der Waals surface area contributed by atoms with E-state index in [0.29, 0.717) is 25.8 Å². The average molecular weight is 509 g/mol. The van der Waals surface area contributed by atoms with Crippen LogP contribution in [0.1, 0.15) is 51.4 Å². The Morgan fingerprint density at radius 2 is 2.00 bits per heavy atom. The van der Waals surface area contributed by atoms with E-state index in [9.17, 15) is 21.6 Å². The van der Waals surface area contributed by atoms with E-state index in [4.69, 9.17) is 5.10 Å². The number of carbonyl (C=O) groups is 1. The number of rotatable bonds is 7. The number of hydrogen-bond acceptors (Lipinski definition) is 6. The molecule has 1 saturated heterocycles. The first-order chi connectivity index (χ1) is 15.8. The van der Waals surface area contributed by atoms with Gasteiger partial charge in [-0.05, 0) is 45.7 Å². The van der Waals surface area contributed by atoms with E-state index >= 15 is 0 Å². The molecule has 4 rings (SSSR count). The van der Waals surface area contributed by atoms with Crippen molar-refractivity contribution in [3.8, 4) is 11.3 Å². The molecule has 0 saturated carbocycles. The summed E-state index contributed by atoms with van der Waals surface area (Å²) in [6.45, 7) is 7.85. The fourth-order valence-corrected chi connectivity index (χ4v) is 8.09. The Hall–Kier alpha value is -2.24. The second-order valence-corrected chi connectivity index (χ2v) is 13.7. The number of amides is 1. The average Bonchev–Trinajstić information content (AvgIpc) is 3.11. The molecule has 1 aromatic heterocycles. The molecule has 11 heteroatoms. The molecule has 2 aromatic rings. The highest BCUT2D eigenvalue weighted by Gasteiger charge is 2.46. The maximum atomic E-state index is 13.0. The third kappa shape index (κ3) is 4.78. The fraction of sp³-hybridized carbons (Fsp3) is 0.565. The van der Waals surface area contributed by atoms with E-state index in [1.165, 1.54) is 0 Å². The highest BCUT2D eigenvalue weighted by atomic mass is 32.2. The summed E-state index contributed by atoms with van der Waals surface area (Å²) in [6, 6.07) is 6.84. The molecule has 1 aromatic carbocycles. The molecule has 2 heterocycles. The first-order valence-electron chi connectivity index (χ1n) is 11.6. The van der Waals surface area contributed by atoms with Crippen LogP contribution in [0.5, 0.6) is 0 Å². The lowest BCUT2D eigenvalue weighted by Crippen LogP contribution is -2.64. The molecule has 1 fully saturated rings. The Morgan fingerprint density at radius 3 is 2.62 bits per heavy atom. The molecule has 186 valence electrons. The van der Waals surface area contributed by atoms with Crippen molar-refractivity contribution >= 4 is 25.8 Å². The molecular weight excluding hydrogens is 476 g/mol. The third-order valence-corrected chi connectivity index (χ3v) is 10.1. The number of carbonyl (C=O) groups excluding carboxylic acids is 1. The van der Waals surface area contributed by atoms with Crippen LogP contribution in [0.3, 0.4) is 0 Å². The van der Waals surface area contributed by atoms with Gasteiger partial charge in [-0.25, -0.2) is 21.6 Å². The number of nitrogens with one attached hydrogen (secondary N) is 2. The second kappa shape index (κ2) is 8.76. The van der Waals surface area contributed by atoms with Crippen LogP contribution in [0.25, 0.3) is 11.3 Å². The van der Waals surface area contributed by atoms with Crippen LogP contribution in [0.15, 0.2) is 29.2 Å². The molecule has 1 aliphatic carbocycles. The van der Waals surface area contributed by atoms with Crippen LogP contribution >= 0.6 is 0 Å². The summed E-state index contributed by atoms with van der Waals surface area (Å²) in [5.41, 5.74) is 2.78. The molecule has 1 amide bonds. The van der Waals surface area contributed by atoms with Gasteiger partial charge in [-0.1, -0.05) is 19.1 Å². The number of benzene rings is 1. The fourth-order valence-electron chi connectivity index (χ4n) is 5.00. The smallest absolute Gasteiger partial charge is 0.240 e. The Morgan fingerprint density at radius 1 is 1.29 bits per heavy atom. The first kappa shape index (κ1) is 24.9. The second-order valence-electron chi connectivity index (χ2n) is 9.86. The molecule has 0 spiro atoms. The standard InChI is InChI=1S/C23H32N4O5S2/c1-5-24-34(31,32)18-8-6-7-16(11-18)21-19-10-9-17(12-20(19)27(26-21)15(2)3)22(28)25-23(4)13-33(29,30)14-23/h6-8,11,15,17,24H,5,9-10,12-14H2,1-4H3,(H,25,28)/t17-/m1/s1. The number of aromatic nitrogens is 2. The summed E-state index contributed by atoms with van der Waals surface area (Å²) in [4.78, 5) is 13.2. The number of sulfone groups is 1. The maximum Gasteiger partial charge on any atom is 0.240 e. The van der Waals surface area contributed by atoms with Gasteiger partial charge in [0.05, 0.1) is 27.6 Å². The largest absolute Gasteiger partial charge is 0.349 e. The first-order valence-corrected chi connectivity index (χ1v) is 14.9. The van der Waals surface area contributed by atoms with Crippen molar-refractivity contribution in [3.63, 3.8) is 0 Å². The lowest BCUT2D eigenvalue weighted by molar-refractivity contribution is -0.126. The Kier molecular flexibility index (Phi) is 6.41. The summed E-state index contributed by atoms with van der Waals surface area (Å²) in [6.07, 6.45) is 1.76. The van der Waals surface area contributed by atoms with Crippen molar-refractivity contribution in [3.05, 3.63) is 35.5 Å². The quantitative estimate of drug-likeness (QED) is 0.588. The van der Waals surface area contributed by atoms with Crippen LogP contribution < -0.4 is 10.0 Å². The van der Waals surface area contributed by atoms with Crippen LogP contribution in [0.2, 0.25) is 0 Å². The predicted molar refractivity (Wildman–Crippen MR) is 130 cm³/mol. The summed E-state index contributed by atoms with van der Waals surface area (Å²) >= 11 is 0. The van der Waals surface area contributed by atoms with Crippen molar-refractivity contribution in [1.29, 1.82) is 0 Å². The lowest BCUT2D eigenvalue weighted by Gasteiger charge is -2.39. The summed E-state index contributed by atoms with van der Waals surface area (Å²) < 4.78 is 52.6. The van der Waals surface area contributed by atoms with Gasteiger partial charge in [0.15, 0.2) is 9.84 Å². The minimum absolute atomic E-state index is 0.0239. The number of sulfonamides is 1. The SMILES string of the molecule is CCNS(=O)(=O)c1cccc(-c2nn(C(C)C)c3c2CC[C@@H](C(=O)NC2(C)CS(=O)(=O)C2)C3)c1. The molecule has 0 unspecified atom stereocenters. The zero-order valence-electron chi connectivity index (χ0n) is 20.0. The van der Waals surface area contributed by atoms with Crippen molar-refractivity contribution in [2.45, 2.75) is 63.4 Å². The van der Waals surface area contributed by atoms with Crippen LogP contribution in [0.4, 0.5) is 0 Å². The Balaban J connectivity index is 1.63. The van der Waals surface area contributed by atoms with Crippen LogP contribution in [-0.4, -0.2) is 56.1 Å². The van der Waals surface area contributed by atoms with E-state index < -0.39 is 25.4 Å². The van der Waals surface area contributed by atoms with Gasteiger partial charge in [0.1, 0.15) is 0 Å². The summed E-state index contributed by atoms with van der Waals surface area (Å²) in [5, 5.41) is 7.79. The number of fused-ring (bicyclic) bond motifs is 1. The van der Waals surface area contributed by atoms with Gasteiger partial charge in [-0.2, -0.15) is 5.10 Å². The van der Waals surface area contributed by atoms with E-state index in [1.807, 2.05) is 24.6 Å². The number of nitrogens with zero attached hydrogens (tertiary/aromatic N) is 2. The molecule has 0 bridgehead atoms. The normalized spacial score (nSPS) is 21.0. The molecular formula is C23H32N4O5S2. The van der Waals surface area contributed by atoms with Gasteiger partial charge < -0.3 is 5.32 Å². The lowest BCUT2D eigenvalue weighted by atomic mass is 9.84. The van der Waals surface area contributed by atoms with Crippen LogP contribution in [-0.2, 0) is 37.5 Å². The van der Waals surface area contributed by atoms with Crippen molar-refractivity contribution < 1.29 is 21.6 Å². The Bertz CT molecular complexity index is 1320. The molecule has 2 aliphatic rings. The molecule has 1 aliphatic heterocycles. The van der Waals surface area contributed by atoms with Gasteiger partial charge in [-0.15, -0.1) is 0 Å². The third-order valence-electron chi connectivity index (χ3n) is 6.42. The van der Waals surface area contributed by atoms with Gasteiger partial charge in [0.25, 0.3) is 0 Å². The molecule has 1 atom stereocenters. The molecule has 9 nitrogen and oxygen atoms in total. The topological polar surface area (TPSA) is 127 Å².